The van der Waals surface area contributed by atoms with E-state index in [1.807, 2.05) is 55.5 Å². The first-order valence-corrected chi connectivity index (χ1v) is 26.9. The van der Waals surface area contributed by atoms with E-state index in [0.717, 1.165) is 49.8 Å². The molecule has 0 saturated carbocycles. The van der Waals surface area contributed by atoms with Crippen LogP contribution in [-0.2, 0) is 41.3 Å². The quantitative estimate of drug-likeness (QED) is 0.0109. The van der Waals surface area contributed by atoms with Gasteiger partial charge in [0.05, 0.1) is 59.0 Å². The van der Waals surface area contributed by atoms with Gasteiger partial charge in [-0.3, -0.25) is 35.8 Å². The number of nitrogen functional groups attached to an aromatic ring is 4. The third-order valence-corrected chi connectivity index (χ3v) is 11.8. The number of nitrogens with zero attached hydrogens (tertiary/aromatic N) is 5. The fraction of sp³-hybridized carbons (Fsp3) is 0.415. The van der Waals surface area contributed by atoms with Crippen molar-refractivity contribution in [2.75, 3.05) is 126 Å². The van der Waals surface area contributed by atoms with Gasteiger partial charge in [-0.1, -0.05) is 47.5 Å². The van der Waals surface area contributed by atoms with Gasteiger partial charge in [-0.15, -0.1) is 0 Å². The predicted molar refractivity (Wildman–Crippen MR) is 310 cm³/mol. The highest BCUT2D eigenvalue weighted by Gasteiger charge is 2.19. The van der Waals surface area contributed by atoms with E-state index in [9.17, 15) is 19.2 Å². The first kappa shape index (κ1) is 64.8. The highest BCUT2D eigenvalue weighted by molar-refractivity contribution is 6.32. The van der Waals surface area contributed by atoms with E-state index in [2.05, 4.69) is 51.5 Å². The third-order valence-electron chi connectivity index (χ3n) is 11.2. The number of benzene rings is 3. The van der Waals surface area contributed by atoms with Gasteiger partial charge >= 0.3 is 12.2 Å². The molecule has 0 saturated heterocycles. The van der Waals surface area contributed by atoms with Crippen LogP contribution in [0.1, 0.15) is 64.7 Å². The Bertz CT molecular complexity index is 2810. The Morgan fingerprint density at radius 1 is 0.524 bits per heavy atom. The van der Waals surface area contributed by atoms with E-state index >= 15 is 0 Å². The maximum atomic E-state index is 12.5. The lowest BCUT2D eigenvalue weighted by atomic mass is 10.1. The van der Waals surface area contributed by atoms with E-state index in [0.29, 0.717) is 83.1 Å². The lowest BCUT2D eigenvalue weighted by Gasteiger charge is -2.16. The van der Waals surface area contributed by atoms with Gasteiger partial charge in [0.25, 0.3) is 11.8 Å². The second kappa shape index (κ2) is 36.3. The molecule has 2 heterocycles. The molecule has 0 aliphatic heterocycles. The zero-order valence-electron chi connectivity index (χ0n) is 45.4. The lowest BCUT2D eigenvalue weighted by molar-refractivity contribution is 0.0222. The monoisotopic (exact) mass is 1180 g/mol. The average Bonchev–Trinajstić information content (AvgIpc) is 3.58. The molecule has 0 aliphatic carbocycles. The molecule has 0 spiro atoms. The molecule has 0 aliphatic rings. The molecule has 0 fully saturated rings. The Morgan fingerprint density at radius 3 is 1.40 bits per heavy atom. The van der Waals surface area contributed by atoms with E-state index in [-0.39, 0.29) is 83.5 Å². The fourth-order valence-corrected chi connectivity index (χ4v) is 7.33. The number of unbranched alkanes of at least 4 members (excludes halogenated alkanes) is 2. The molecule has 82 heavy (non-hydrogen) atoms. The van der Waals surface area contributed by atoms with Crippen LogP contribution in [0.15, 0.2) is 77.8 Å². The molecule has 0 bridgehead atoms. The molecule has 444 valence electrons. The number of nitrogens with two attached hydrogens (primary N) is 5. The number of aliphatic imine (C=N–C) groups is 1. The maximum absolute atomic E-state index is 12.5. The number of aromatic nitrogens is 4. The Kier molecular flexibility index (Phi) is 28.7. The molecular formula is C53H71Cl2N15O12. The van der Waals surface area contributed by atoms with Gasteiger partial charge in [0.2, 0.25) is 0 Å². The van der Waals surface area contributed by atoms with Crippen molar-refractivity contribution in [2.45, 2.75) is 51.6 Å². The molecule has 27 nitrogen and oxygen atoms in total. The van der Waals surface area contributed by atoms with Gasteiger partial charge in [-0.05, 0) is 112 Å². The zero-order chi connectivity index (χ0) is 58.9. The van der Waals surface area contributed by atoms with E-state index in [1.54, 1.807) is 24.3 Å². The van der Waals surface area contributed by atoms with Gasteiger partial charge in [0, 0.05) is 17.9 Å². The Morgan fingerprint density at radius 2 is 0.939 bits per heavy atom. The summed E-state index contributed by atoms with van der Waals surface area (Å²) in [7, 11) is 0. The number of amides is 4. The van der Waals surface area contributed by atoms with E-state index < -0.39 is 24.0 Å². The van der Waals surface area contributed by atoms with Crippen LogP contribution in [0.4, 0.5) is 44.2 Å². The van der Waals surface area contributed by atoms with Crippen LogP contribution in [0.25, 0.3) is 0 Å². The number of rotatable bonds is 36. The third kappa shape index (κ3) is 25.2. The summed E-state index contributed by atoms with van der Waals surface area (Å²) in [6.45, 7) is 6.11. The van der Waals surface area contributed by atoms with Crippen molar-refractivity contribution >= 4 is 87.8 Å². The molecule has 15 N–H and O–H groups in total. The number of halogens is 2. The Hall–Kier alpha value is -8.05. The SMILES string of the molecule is CC(NCCCCc1ccc(OCCOCCOCCOC(=O)Nc2ccc(NC(=O)OCCOCCOCCOc3ccc(CCCCN=C(N)NC(=O)c4nc(Cl)c(N)nc4N)cc3)cc2)cc1)NC(=O)c1nc(Cl)c(N)nc1N. The number of guanidine groups is 1. The smallest absolute Gasteiger partial charge is 0.411 e. The van der Waals surface area contributed by atoms with Crippen LogP contribution in [0.3, 0.4) is 0 Å². The molecule has 29 heteroatoms. The van der Waals surface area contributed by atoms with Crippen LogP contribution < -0.4 is 64.7 Å². The summed E-state index contributed by atoms with van der Waals surface area (Å²) in [5.74, 6) is -0.203. The topological polar surface area (TPSA) is 396 Å². The van der Waals surface area contributed by atoms with Crippen molar-refractivity contribution in [1.29, 1.82) is 0 Å². The Balaban J connectivity index is 0.767. The molecule has 5 aromatic rings. The maximum Gasteiger partial charge on any atom is 0.411 e. The number of carbonyl (C=O) groups excluding carboxylic acids is 4. The predicted octanol–water partition coefficient (Wildman–Crippen LogP) is 4.98. The molecule has 2 aromatic heterocycles. The van der Waals surface area contributed by atoms with Crippen LogP contribution in [0.5, 0.6) is 11.5 Å². The number of carbonyl (C=O) groups is 4. The highest BCUT2D eigenvalue weighted by Crippen LogP contribution is 2.20. The van der Waals surface area contributed by atoms with Crippen molar-refractivity contribution in [3.05, 3.63) is 106 Å². The number of hydrogen-bond acceptors (Lipinski definition) is 22. The number of aryl methyl sites for hydroxylation is 2. The van der Waals surface area contributed by atoms with Crippen LogP contribution in [0, 0.1) is 0 Å². The fourth-order valence-electron chi connectivity index (χ4n) is 7.08. The van der Waals surface area contributed by atoms with Crippen molar-refractivity contribution in [3.8, 4) is 11.5 Å². The number of nitrogens with one attached hydrogen (secondary N) is 5. The number of anilines is 6. The van der Waals surface area contributed by atoms with E-state index in [1.165, 1.54) is 5.56 Å². The van der Waals surface area contributed by atoms with Crippen LogP contribution >= 0.6 is 23.2 Å². The first-order chi connectivity index (χ1) is 39.6. The number of hydrogen-bond donors (Lipinski definition) is 10. The first-order valence-electron chi connectivity index (χ1n) is 26.2. The second-order valence-electron chi connectivity index (χ2n) is 17.6. The molecule has 1 unspecified atom stereocenters. The summed E-state index contributed by atoms with van der Waals surface area (Å²) in [4.78, 5) is 68.8. The minimum atomic E-state index is -0.693. The summed E-state index contributed by atoms with van der Waals surface area (Å²) in [6.07, 6.45) is 3.48. The molecule has 4 amide bonds. The van der Waals surface area contributed by atoms with Crippen molar-refractivity contribution in [3.63, 3.8) is 0 Å². The van der Waals surface area contributed by atoms with Gasteiger partial charge < -0.3 is 71.9 Å². The second-order valence-corrected chi connectivity index (χ2v) is 18.3. The Labute approximate surface area is 484 Å². The van der Waals surface area contributed by atoms with Crippen LogP contribution in [0.2, 0.25) is 10.3 Å². The molecule has 0 radical (unpaired) electrons. The van der Waals surface area contributed by atoms with Gasteiger partial charge in [-0.25, -0.2) is 29.5 Å². The summed E-state index contributed by atoms with van der Waals surface area (Å²) in [5, 5.41) is 13.4. The molecule has 3 aromatic carbocycles. The summed E-state index contributed by atoms with van der Waals surface area (Å²) in [5.41, 5.74) is 31.3. The highest BCUT2D eigenvalue weighted by atomic mass is 35.5. The van der Waals surface area contributed by atoms with Crippen molar-refractivity contribution in [2.24, 2.45) is 10.7 Å². The lowest BCUT2D eigenvalue weighted by Crippen LogP contribution is -2.44. The standard InChI is InChI=1S/C53H71Cl2N15O12/c1-34(63-49(71)41-45(56)68-47(58)43(54)66-41)61-20-4-2-6-35-8-16-39(17-9-35)79-30-26-75-22-24-77-28-32-81-52(73)64-37-12-14-38(15-13-37)65-53(74)82-33-29-78-25-23-76-27-31-80-40-18-10-36(11-19-40)7-3-5-21-62-51(60)70-50(72)42-46(57)69-48(59)44(55)67-42/h8-19,34,61H,2-7,20-33H2,1H3,(H,63,71)(H,64,73)(H,65,74)(H4,56,58,68)(H4,57,59,69)(H3,60,62,70,72). The van der Waals surface area contributed by atoms with Gasteiger partial charge in [0.1, 0.15) is 37.9 Å². The molecular weight excluding hydrogens is 1110 g/mol. The van der Waals surface area contributed by atoms with Crippen molar-refractivity contribution in [1.82, 2.24) is 35.9 Å². The average molecular weight is 1180 g/mol. The minimum Gasteiger partial charge on any atom is -0.491 e. The molecule has 1 atom stereocenters. The zero-order valence-corrected chi connectivity index (χ0v) is 46.9. The largest absolute Gasteiger partial charge is 0.491 e. The van der Waals surface area contributed by atoms with Gasteiger partial charge in [-0.2, -0.15) is 0 Å². The minimum absolute atomic E-state index is 0.0335. The normalized spacial score (nSPS) is 11.6. The van der Waals surface area contributed by atoms with Crippen LogP contribution in [-0.4, -0.2) is 148 Å². The number of ether oxygens (including phenoxy) is 8. The summed E-state index contributed by atoms with van der Waals surface area (Å²) < 4.78 is 44.0. The van der Waals surface area contributed by atoms with E-state index in [4.69, 9.17) is 89.8 Å². The summed E-state index contributed by atoms with van der Waals surface area (Å²) in [6, 6.07) is 22.1. The van der Waals surface area contributed by atoms with Crippen molar-refractivity contribution < 1.29 is 57.1 Å². The van der Waals surface area contributed by atoms with Gasteiger partial charge in [0.15, 0.2) is 50.9 Å². The summed E-state index contributed by atoms with van der Waals surface area (Å²) >= 11 is 11.7. The molecule has 5 rings (SSSR count).